The Bertz CT molecular complexity index is 859. The van der Waals surface area contributed by atoms with Crippen LogP contribution in [0.15, 0.2) is 42.6 Å². The number of carbonyl (C=O) groups excluding carboxylic acids is 2. The van der Waals surface area contributed by atoms with Gasteiger partial charge in [0.05, 0.1) is 18.0 Å². The molecule has 0 spiro atoms. The van der Waals surface area contributed by atoms with Gasteiger partial charge in [0.1, 0.15) is 5.78 Å². The van der Waals surface area contributed by atoms with Crippen molar-refractivity contribution in [2.75, 3.05) is 0 Å². The Morgan fingerprint density at radius 1 is 1.14 bits per heavy atom. The largest absolute Gasteiger partial charge is 0.416 e. The first-order valence-corrected chi connectivity index (χ1v) is 9.15. The molecule has 1 aromatic heterocycles. The van der Waals surface area contributed by atoms with E-state index in [1.807, 2.05) is 13.0 Å². The smallest absolute Gasteiger partial charge is 0.349 e. The van der Waals surface area contributed by atoms with Crippen molar-refractivity contribution in [2.45, 2.75) is 44.8 Å². The molecule has 0 saturated heterocycles. The molecule has 1 unspecified atom stereocenters. The lowest BCUT2D eigenvalue weighted by Gasteiger charge is -2.15. The first-order chi connectivity index (χ1) is 13.2. The van der Waals surface area contributed by atoms with Gasteiger partial charge in [-0.2, -0.15) is 13.2 Å². The van der Waals surface area contributed by atoms with E-state index in [9.17, 15) is 22.8 Å². The number of hydrogen-bond acceptors (Lipinski definition) is 3. The van der Waals surface area contributed by atoms with Crippen molar-refractivity contribution in [1.29, 1.82) is 0 Å². The average Bonchev–Trinajstić information content (AvgIpc) is 3.46. The molecule has 148 valence electrons. The van der Waals surface area contributed by atoms with Crippen LogP contribution in [0.2, 0.25) is 0 Å². The van der Waals surface area contributed by atoms with Crippen LogP contribution in [0.1, 0.15) is 48.2 Å². The molecular weight excluding hydrogens is 369 g/mol. The maximum Gasteiger partial charge on any atom is 0.416 e. The van der Waals surface area contributed by atoms with Gasteiger partial charge in [-0.25, -0.2) is 0 Å². The fraction of sp³-hybridized carbons (Fsp3) is 0.381. The van der Waals surface area contributed by atoms with Gasteiger partial charge < -0.3 is 5.32 Å². The summed E-state index contributed by atoms with van der Waals surface area (Å²) < 4.78 is 37.8. The quantitative estimate of drug-likeness (QED) is 0.776. The summed E-state index contributed by atoms with van der Waals surface area (Å²) in [6.07, 6.45) is -0.589. The Kier molecular flexibility index (Phi) is 5.82. The van der Waals surface area contributed by atoms with E-state index in [0.717, 1.165) is 30.5 Å². The van der Waals surface area contributed by atoms with Crippen LogP contribution in [0.25, 0.3) is 0 Å². The van der Waals surface area contributed by atoms with Gasteiger partial charge in [0.25, 0.3) is 0 Å². The molecule has 1 amide bonds. The van der Waals surface area contributed by atoms with Crippen LogP contribution in [0, 0.1) is 5.92 Å². The molecule has 1 atom stereocenters. The van der Waals surface area contributed by atoms with Crippen molar-refractivity contribution in [3.63, 3.8) is 0 Å². The van der Waals surface area contributed by atoms with Gasteiger partial charge in [-0.05, 0) is 55.2 Å². The summed E-state index contributed by atoms with van der Waals surface area (Å²) >= 11 is 0. The Hall–Kier alpha value is -2.70. The Labute approximate surface area is 161 Å². The van der Waals surface area contributed by atoms with Gasteiger partial charge in [-0.3, -0.25) is 14.6 Å². The number of pyridine rings is 1. The van der Waals surface area contributed by atoms with Gasteiger partial charge in [-0.15, -0.1) is 0 Å². The number of halogens is 3. The third-order valence-corrected chi connectivity index (χ3v) is 4.75. The molecule has 1 N–H and O–H groups in total. The Morgan fingerprint density at radius 2 is 1.82 bits per heavy atom. The third-order valence-electron chi connectivity index (χ3n) is 4.75. The molecule has 0 aliphatic heterocycles. The fourth-order valence-corrected chi connectivity index (χ4v) is 2.96. The number of ketones is 1. The monoisotopic (exact) mass is 390 g/mol. The van der Waals surface area contributed by atoms with E-state index in [0.29, 0.717) is 17.7 Å². The zero-order valence-corrected chi connectivity index (χ0v) is 15.4. The number of nitrogens with zero attached hydrogens (tertiary/aromatic N) is 1. The van der Waals surface area contributed by atoms with E-state index < -0.39 is 11.7 Å². The number of nitrogens with one attached hydrogen (secondary N) is 1. The Balaban J connectivity index is 1.57. The van der Waals surface area contributed by atoms with E-state index >= 15 is 0 Å². The normalized spacial score (nSPS) is 15.1. The summed E-state index contributed by atoms with van der Waals surface area (Å²) in [6, 6.07) is 7.83. The standard InChI is InChI=1S/C21H21F3N2O2/c1-13(16-8-9-25-18(11-16)12-19(27)15-4-5-15)26-20(28)10-14-2-6-17(7-3-14)21(22,23)24/h2-3,6-9,11,13,15H,4-5,10,12H2,1H3,(H,26,28). The number of rotatable bonds is 7. The number of hydrogen-bond donors (Lipinski definition) is 1. The van der Waals surface area contributed by atoms with Crippen LogP contribution in [0.5, 0.6) is 0 Å². The summed E-state index contributed by atoms with van der Waals surface area (Å²) in [7, 11) is 0. The summed E-state index contributed by atoms with van der Waals surface area (Å²) in [5.41, 5.74) is 1.27. The average molecular weight is 390 g/mol. The highest BCUT2D eigenvalue weighted by atomic mass is 19.4. The maximum atomic E-state index is 12.6. The topological polar surface area (TPSA) is 59.1 Å². The summed E-state index contributed by atoms with van der Waals surface area (Å²) in [6.45, 7) is 1.81. The molecule has 1 heterocycles. The van der Waals surface area contributed by atoms with Crippen molar-refractivity contribution >= 4 is 11.7 Å². The Morgan fingerprint density at radius 3 is 2.43 bits per heavy atom. The highest BCUT2D eigenvalue weighted by Gasteiger charge is 2.30. The second kappa shape index (κ2) is 8.12. The van der Waals surface area contributed by atoms with E-state index in [2.05, 4.69) is 10.3 Å². The molecule has 1 fully saturated rings. The second-order valence-electron chi connectivity index (χ2n) is 7.16. The predicted octanol–water partition coefficient (Wildman–Crippen LogP) is 4.04. The highest BCUT2D eigenvalue weighted by Crippen LogP contribution is 2.31. The van der Waals surface area contributed by atoms with Crippen molar-refractivity contribution in [3.8, 4) is 0 Å². The van der Waals surface area contributed by atoms with Crippen LogP contribution in [0.4, 0.5) is 13.2 Å². The first kappa shape index (κ1) is 20.0. The lowest BCUT2D eigenvalue weighted by molar-refractivity contribution is -0.137. The lowest BCUT2D eigenvalue weighted by atomic mass is 10.0. The van der Waals surface area contributed by atoms with Gasteiger partial charge in [0, 0.05) is 24.2 Å². The molecule has 1 aliphatic carbocycles. The number of carbonyl (C=O) groups is 2. The SMILES string of the molecule is CC(NC(=O)Cc1ccc(C(F)(F)F)cc1)c1ccnc(CC(=O)C2CC2)c1. The molecule has 7 heteroatoms. The number of alkyl halides is 3. The van der Waals surface area contributed by atoms with Crippen molar-refractivity contribution < 1.29 is 22.8 Å². The number of amides is 1. The minimum absolute atomic E-state index is 0.0133. The van der Waals surface area contributed by atoms with Gasteiger partial charge in [0.15, 0.2) is 0 Å². The van der Waals surface area contributed by atoms with Crippen LogP contribution in [-0.4, -0.2) is 16.7 Å². The molecule has 2 aromatic rings. The van der Waals surface area contributed by atoms with E-state index in [4.69, 9.17) is 0 Å². The van der Waals surface area contributed by atoms with Gasteiger partial charge in [-0.1, -0.05) is 12.1 Å². The summed E-state index contributed by atoms with van der Waals surface area (Å²) in [5, 5.41) is 2.83. The zero-order chi connectivity index (χ0) is 20.3. The predicted molar refractivity (Wildman–Crippen MR) is 97.4 cm³/mol. The van der Waals surface area contributed by atoms with E-state index in [1.54, 1.807) is 12.3 Å². The molecular formula is C21H21F3N2O2. The van der Waals surface area contributed by atoms with Crippen molar-refractivity contribution in [3.05, 3.63) is 65.0 Å². The van der Waals surface area contributed by atoms with Crippen LogP contribution >= 0.6 is 0 Å². The minimum Gasteiger partial charge on any atom is -0.349 e. The first-order valence-electron chi connectivity index (χ1n) is 9.15. The third kappa shape index (κ3) is 5.41. The van der Waals surface area contributed by atoms with Crippen LogP contribution in [-0.2, 0) is 28.6 Å². The number of aromatic nitrogens is 1. The molecule has 4 nitrogen and oxygen atoms in total. The number of Topliss-reactive ketones (excluding diaryl/α,β-unsaturated/α-hetero) is 1. The molecule has 1 aromatic carbocycles. The molecule has 0 bridgehead atoms. The minimum atomic E-state index is -4.39. The molecule has 1 saturated carbocycles. The van der Waals surface area contributed by atoms with Crippen molar-refractivity contribution in [2.24, 2.45) is 5.92 Å². The highest BCUT2D eigenvalue weighted by molar-refractivity contribution is 5.85. The molecule has 1 aliphatic rings. The van der Waals surface area contributed by atoms with Crippen molar-refractivity contribution in [1.82, 2.24) is 10.3 Å². The second-order valence-corrected chi connectivity index (χ2v) is 7.16. The maximum absolute atomic E-state index is 12.6. The molecule has 28 heavy (non-hydrogen) atoms. The van der Waals surface area contributed by atoms with Crippen LogP contribution in [0.3, 0.4) is 0 Å². The van der Waals surface area contributed by atoms with Gasteiger partial charge >= 0.3 is 6.18 Å². The molecule has 0 radical (unpaired) electrons. The van der Waals surface area contributed by atoms with E-state index in [1.165, 1.54) is 12.1 Å². The lowest BCUT2D eigenvalue weighted by Crippen LogP contribution is -2.28. The summed E-state index contributed by atoms with van der Waals surface area (Å²) in [5.74, 6) is 0.0784. The summed E-state index contributed by atoms with van der Waals surface area (Å²) in [4.78, 5) is 28.4. The van der Waals surface area contributed by atoms with E-state index in [-0.39, 0.29) is 30.1 Å². The number of benzene rings is 1. The zero-order valence-electron chi connectivity index (χ0n) is 15.4. The molecule has 3 rings (SSSR count). The van der Waals surface area contributed by atoms with Gasteiger partial charge in [0.2, 0.25) is 5.91 Å². The van der Waals surface area contributed by atoms with Crippen LogP contribution < -0.4 is 5.32 Å². The fourth-order valence-electron chi connectivity index (χ4n) is 2.96.